The highest BCUT2D eigenvalue weighted by Gasteiger charge is 2.12. The minimum atomic E-state index is -0.138. The van der Waals surface area contributed by atoms with Crippen LogP contribution in [-0.4, -0.2) is 10.1 Å². The number of hydrogen-bond acceptors (Lipinski definition) is 5. The second-order valence-electron chi connectivity index (χ2n) is 3.64. The highest BCUT2D eigenvalue weighted by atomic mass is 16.5. The van der Waals surface area contributed by atoms with Gasteiger partial charge in [-0.05, 0) is 18.6 Å². The van der Waals surface area contributed by atoms with Gasteiger partial charge in [0, 0.05) is 12.8 Å². The lowest BCUT2D eigenvalue weighted by atomic mass is 10.2. The Balaban J connectivity index is 1.93. The van der Waals surface area contributed by atoms with Gasteiger partial charge >= 0.3 is 0 Å². The molecule has 0 spiro atoms. The smallest absolute Gasteiger partial charge is 0.227 e. The molecule has 1 atom stereocenters. The minimum Gasteiger partial charge on any atom is -0.469 e. The first-order valence-electron chi connectivity index (χ1n) is 5.40. The van der Waals surface area contributed by atoms with Gasteiger partial charge in [0.05, 0.1) is 12.3 Å². The van der Waals surface area contributed by atoms with Crippen molar-refractivity contribution in [1.82, 2.24) is 10.1 Å². The zero-order valence-electron chi connectivity index (χ0n) is 9.22. The van der Waals surface area contributed by atoms with Crippen LogP contribution in [0.1, 0.15) is 36.9 Å². The number of hydrogen-bond donors (Lipinski definition) is 1. The standard InChI is InChI=1S/C11H15N3O2/c1-2-9(12)11-13-10(16-14-11)6-5-8-4-3-7-15-8/h3-4,7,9H,2,5-6,12H2,1H3. The van der Waals surface area contributed by atoms with E-state index in [9.17, 15) is 0 Å². The van der Waals surface area contributed by atoms with E-state index in [0.29, 0.717) is 18.1 Å². The zero-order chi connectivity index (χ0) is 11.4. The van der Waals surface area contributed by atoms with E-state index in [-0.39, 0.29) is 6.04 Å². The molecule has 0 saturated carbocycles. The van der Waals surface area contributed by atoms with Crippen LogP contribution >= 0.6 is 0 Å². The summed E-state index contributed by atoms with van der Waals surface area (Å²) in [6.45, 7) is 1.99. The number of aryl methyl sites for hydroxylation is 2. The van der Waals surface area contributed by atoms with Crippen LogP contribution in [0.5, 0.6) is 0 Å². The van der Waals surface area contributed by atoms with Crippen molar-refractivity contribution < 1.29 is 8.94 Å². The molecule has 0 fully saturated rings. The summed E-state index contributed by atoms with van der Waals surface area (Å²) in [5.41, 5.74) is 5.79. The van der Waals surface area contributed by atoms with E-state index in [1.54, 1.807) is 6.26 Å². The Labute approximate surface area is 93.6 Å². The van der Waals surface area contributed by atoms with Gasteiger partial charge in [0.2, 0.25) is 5.89 Å². The summed E-state index contributed by atoms with van der Waals surface area (Å²) in [6, 6.07) is 3.65. The Morgan fingerprint density at radius 3 is 3.00 bits per heavy atom. The van der Waals surface area contributed by atoms with E-state index in [1.165, 1.54) is 0 Å². The Bertz CT molecular complexity index is 422. The molecule has 0 aliphatic carbocycles. The van der Waals surface area contributed by atoms with Crippen LogP contribution in [-0.2, 0) is 12.8 Å². The quantitative estimate of drug-likeness (QED) is 0.833. The highest BCUT2D eigenvalue weighted by molar-refractivity contribution is 5.00. The number of furan rings is 1. The van der Waals surface area contributed by atoms with E-state index in [2.05, 4.69) is 10.1 Å². The molecule has 2 aromatic heterocycles. The number of aromatic nitrogens is 2. The van der Waals surface area contributed by atoms with E-state index in [4.69, 9.17) is 14.7 Å². The lowest BCUT2D eigenvalue weighted by Gasteiger charge is -1.99. The van der Waals surface area contributed by atoms with Crippen molar-refractivity contribution in [2.24, 2.45) is 5.73 Å². The van der Waals surface area contributed by atoms with E-state index in [0.717, 1.165) is 18.6 Å². The van der Waals surface area contributed by atoms with E-state index in [1.807, 2.05) is 19.1 Å². The molecule has 0 amide bonds. The first-order valence-corrected chi connectivity index (χ1v) is 5.40. The van der Waals surface area contributed by atoms with Crippen molar-refractivity contribution in [2.45, 2.75) is 32.2 Å². The second kappa shape index (κ2) is 4.94. The normalized spacial score (nSPS) is 12.9. The van der Waals surface area contributed by atoms with E-state index < -0.39 is 0 Å². The van der Waals surface area contributed by atoms with Gasteiger partial charge in [-0.2, -0.15) is 4.98 Å². The summed E-state index contributed by atoms with van der Waals surface area (Å²) in [5.74, 6) is 2.10. The molecule has 86 valence electrons. The van der Waals surface area contributed by atoms with E-state index >= 15 is 0 Å². The summed E-state index contributed by atoms with van der Waals surface area (Å²) < 4.78 is 10.3. The van der Waals surface area contributed by atoms with Crippen molar-refractivity contribution in [3.05, 3.63) is 35.9 Å². The SMILES string of the molecule is CCC(N)c1noc(CCc2ccco2)n1. The molecule has 2 heterocycles. The average molecular weight is 221 g/mol. The third-order valence-corrected chi connectivity index (χ3v) is 2.42. The van der Waals surface area contributed by atoms with Crippen molar-refractivity contribution in [3.8, 4) is 0 Å². The maximum atomic E-state index is 5.79. The molecule has 0 saturated heterocycles. The molecule has 0 radical (unpaired) electrons. The molecular formula is C11H15N3O2. The van der Waals surface area contributed by atoms with Gasteiger partial charge in [0.15, 0.2) is 5.82 Å². The first-order chi connectivity index (χ1) is 7.79. The third-order valence-electron chi connectivity index (χ3n) is 2.42. The average Bonchev–Trinajstić information content (AvgIpc) is 2.96. The molecular weight excluding hydrogens is 206 g/mol. The van der Waals surface area contributed by atoms with Crippen molar-refractivity contribution >= 4 is 0 Å². The van der Waals surface area contributed by atoms with Crippen molar-refractivity contribution in [3.63, 3.8) is 0 Å². The number of nitrogens with two attached hydrogens (primary N) is 1. The second-order valence-corrected chi connectivity index (χ2v) is 3.64. The Kier molecular flexibility index (Phi) is 3.36. The fourth-order valence-electron chi connectivity index (χ4n) is 1.39. The Hall–Kier alpha value is -1.62. The predicted octanol–water partition coefficient (Wildman–Crippen LogP) is 1.86. The molecule has 2 rings (SSSR count). The summed E-state index contributed by atoms with van der Waals surface area (Å²) in [6.07, 6.45) is 3.89. The summed E-state index contributed by atoms with van der Waals surface area (Å²) >= 11 is 0. The summed E-state index contributed by atoms with van der Waals surface area (Å²) in [4.78, 5) is 4.24. The summed E-state index contributed by atoms with van der Waals surface area (Å²) in [7, 11) is 0. The topological polar surface area (TPSA) is 78.1 Å². The third kappa shape index (κ3) is 2.49. The molecule has 16 heavy (non-hydrogen) atoms. The number of rotatable bonds is 5. The number of nitrogens with zero attached hydrogens (tertiary/aromatic N) is 2. The van der Waals surface area contributed by atoms with Gasteiger partial charge in [-0.3, -0.25) is 0 Å². The molecule has 5 heteroatoms. The van der Waals surface area contributed by atoms with Crippen LogP contribution < -0.4 is 5.73 Å². The van der Waals surface area contributed by atoms with Crippen LogP contribution in [0.15, 0.2) is 27.3 Å². The monoisotopic (exact) mass is 221 g/mol. The Morgan fingerprint density at radius 1 is 1.44 bits per heavy atom. The van der Waals surface area contributed by atoms with Gasteiger partial charge in [0.25, 0.3) is 0 Å². The minimum absolute atomic E-state index is 0.138. The van der Waals surface area contributed by atoms with Gasteiger partial charge in [-0.15, -0.1) is 0 Å². The molecule has 1 unspecified atom stereocenters. The molecule has 2 N–H and O–H groups in total. The lowest BCUT2D eigenvalue weighted by molar-refractivity contribution is 0.365. The molecule has 0 aliphatic heterocycles. The molecule has 0 aromatic carbocycles. The van der Waals surface area contributed by atoms with Gasteiger partial charge < -0.3 is 14.7 Å². The predicted molar refractivity (Wildman–Crippen MR) is 57.6 cm³/mol. The van der Waals surface area contributed by atoms with Crippen LogP contribution in [0.2, 0.25) is 0 Å². The van der Waals surface area contributed by atoms with Crippen LogP contribution in [0.3, 0.4) is 0 Å². The summed E-state index contributed by atoms with van der Waals surface area (Å²) in [5, 5.41) is 3.85. The zero-order valence-corrected chi connectivity index (χ0v) is 9.22. The van der Waals surface area contributed by atoms with Crippen LogP contribution in [0.25, 0.3) is 0 Å². The van der Waals surface area contributed by atoms with Gasteiger partial charge in [-0.1, -0.05) is 12.1 Å². The highest BCUT2D eigenvalue weighted by Crippen LogP contribution is 2.11. The molecule has 0 bridgehead atoms. The fraction of sp³-hybridized carbons (Fsp3) is 0.455. The van der Waals surface area contributed by atoms with Crippen molar-refractivity contribution in [1.29, 1.82) is 0 Å². The maximum absolute atomic E-state index is 5.79. The van der Waals surface area contributed by atoms with Crippen LogP contribution in [0, 0.1) is 0 Å². The largest absolute Gasteiger partial charge is 0.469 e. The molecule has 0 aliphatic rings. The van der Waals surface area contributed by atoms with Crippen LogP contribution in [0.4, 0.5) is 0 Å². The lowest BCUT2D eigenvalue weighted by Crippen LogP contribution is -2.10. The van der Waals surface area contributed by atoms with Crippen molar-refractivity contribution in [2.75, 3.05) is 0 Å². The molecule has 2 aromatic rings. The van der Waals surface area contributed by atoms with Gasteiger partial charge in [-0.25, -0.2) is 0 Å². The Morgan fingerprint density at radius 2 is 2.31 bits per heavy atom. The maximum Gasteiger partial charge on any atom is 0.227 e. The fourth-order valence-corrected chi connectivity index (χ4v) is 1.39. The first kappa shape index (κ1) is 10.9. The molecule has 5 nitrogen and oxygen atoms in total. The van der Waals surface area contributed by atoms with Gasteiger partial charge in [0.1, 0.15) is 5.76 Å².